The van der Waals surface area contributed by atoms with E-state index in [1.54, 1.807) is 0 Å². The maximum atomic E-state index is 5.78. The Morgan fingerprint density at radius 1 is 1.26 bits per heavy atom. The predicted octanol–water partition coefficient (Wildman–Crippen LogP) is 3.68. The van der Waals surface area contributed by atoms with E-state index in [0.29, 0.717) is 6.54 Å². The zero-order valence-corrected chi connectivity index (χ0v) is 13.2. The second-order valence-corrected chi connectivity index (χ2v) is 6.62. The molecule has 102 valence electrons. The lowest BCUT2D eigenvalue weighted by Crippen LogP contribution is -2.26. The van der Waals surface area contributed by atoms with Crippen LogP contribution >= 0.6 is 15.9 Å². The predicted molar refractivity (Wildman–Crippen MR) is 83.0 cm³/mol. The zero-order valence-electron chi connectivity index (χ0n) is 11.6. The molecule has 0 unspecified atom stereocenters. The van der Waals surface area contributed by atoms with Crippen molar-refractivity contribution in [1.82, 2.24) is 9.97 Å². The van der Waals surface area contributed by atoms with Gasteiger partial charge in [-0.3, -0.25) is 0 Å². The number of H-pyrrole nitrogens is 1. The van der Waals surface area contributed by atoms with Gasteiger partial charge in [0.05, 0.1) is 5.69 Å². The van der Waals surface area contributed by atoms with Crippen LogP contribution in [-0.2, 0) is 6.42 Å². The van der Waals surface area contributed by atoms with Crippen LogP contribution in [0.15, 0.2) is 28.7 Å². The third-order valence-electron chi connectivity index (χ3n) is 3.25. The Morgan fingerprint density at radius 3 is 2.47 bits per heavy atom. The van der Waals surface area contributed by atoms with Gasteiger partial charge in [-0.2, -0.15) is 0 Å². The summed E-state index contributed by atoms with van der Waals surface area (Å²) >= 11 is 3.45. The molecule has 0 aliphatic carbocycles. The van der Waals surface area contributed by atoms with Crippen LogP contribution < -0.4 is 5.73 Å². The first kappa shape index (κ1) is 14.3. The summed E-state index contributed by atoms with van der Waals surface area (Å²) in [7, 11) is 0. The fourth-order valence-corrected chi connectivity index (χ4v) is 2.28. The van der Waals surface area contributed by atoms with Crippen LogP contribution in [0.1, 0.15) is 25.4 Å². The molecule has 0 amide bonds. The summed E-state index contributed by atoms with van der Waals surface area (Å²) in [4.78, 5) is 8.09. The summed E-state index contributed by atoms with van der Waals surface area (Å²) in [6, 6.07) is 8.22. The molecule has 0 atom stereocenters. The summed E-state index contributed by atoms with van der Waals surface area (Å²) < 4.78 is 1.08. The topological polar surface area (TPSA) is 54.7 Å². The maximum Gasteiger partial charge on any atom is 0.107 e. The molecule has 1 aromatic heterocycles. The number of aromatic nitrogens is 2. The highest BCUT2D eigenvalue weighted by Gasteiger charge is 2.19. The molecule has 1 heterocycles. The molecule has 1 aromatic carbocycles. The first-order valence-electron chi connectivity index (χ1n) is 6.43. The van der Waals surface area contributed by atoms with Crippen molar-refractivity contribution in [3.8, 4) is 11.3 Å². The lowest BCUT2D eigenvalue weighted by molar-refractivity contribution is 0.369. The van der Waals surface area contributed by atoms with Gasteiger partial charge in [0, 0.05) is 22.2 Å². The van der Waals surface area contributed by atoms with Crippen molar-refractivity contribution in [1.29, 1.82) is 0 Å². The number of benzene rings is 1. The van der Waals surface area contributed by atoms with E-state index in [4.69, 9.17) is 10.7 Å². The highest BCUT2D eigenvalue weighted by atomic mass is 79.9. The van der Waals surface area contributed by atoms with Gasteiger partial charge in [-0.05, 0) is 31.0 Å². The van der Waals surface area contributed by atoms with E-state index in [1.807, 2.05) is 12.1 Å². The van der Waals surface area contributed by atoms with Gasteiger partial charge in [-0.1, -0.05) is 41.9 Å². The highest BCUT2D eigenvalue weighted by molar-refractivity contribution is 9.10. The molecule has 0 aliphatic rings. The first-order chi connectivity index (χ1) is 8.91. The number of aromatic amines is 1. The van der Waals surface area contributed by atoms with Crippen LogP contribution in [-0.4, -0.2) is 16.5 Å². The Bertz CT molecular complexity index is 555. The largest absolute Gasteiger partial charge is 0.346 e. The molecule has 0 spiro atoms. The summed E-state index contributed by atoms with van der Waals surface area (Å²) in [6.07, 6.45) is 0.862. The van der Waals surface area contributed by atoms with Gasteiger partial charge in [-0.25, -0.2) is 4.98 Å². The fraction of sp³-hybridized carbons (Fsp3) is 0.400. The van der Waals surface area contributed by atoms with E-state index in [1.165, 1.54) is 0 Å². The molecule has 2 aromatic rings. The second kappa shape index (κ2) is 5.47. The first-order valence-corrected chi connectivity index (χ1v) is 7.22. The molecule has 0 radical (unpaired) electrons. The standard InChI is InChI=1S/C15H20BrN3/c1-10-14(11-4-6-12(16)7-5-11)19-13(18-10)8-15(2,3)9-17/h4-7H,8-9,17H2,1-3H3,(H,18,19). The van der Waals surface area contributed by atoms with E-state index >= 15 is 0 Å². The van der Waals surface area contributed by atoms with Crippen LogP contribution in [0.25, 0.3) is 11.3 Å². The molecule has 4 heteroatoms. The Labute approximate surface area is 122 Å². The normalized spacial score (nSPS) is 11.8. The van der Waals surface area contributed by atoms with E-state index in [9.17, 15) is 0 Å². The van der Waals surface area contributed by atoms with E-state index < -0.39 is 0 Å². The van der Waals surface area contributed by atoms with Crippen molar-refractivity contribution in [2.75, 3.05) is 6.54 Å². The van der Waals surface area contributed by atoms with Crippen molar-refractivity contribution < 1.29 is 0 Å². The Kier molecular flexibility index (Phi) is 4.11. The van der Waals surface area contributed by atoms with Crippen LogP contribution in [0.2, 0.25) is 0 Å². The number of hydrogen-bond acceptors (Lipinski definition) is 2. The number of nitrogens with zero attached hydrogens (tertiary/aromatic N) is 1. The van der Waals surface area contributed by atoms with Gasteiger partial charge in [0.15, 0.2) is 0 Å². The molecule has 3 nitrogen and oxygen atoms in total. The molecule has 0 saturated carbocycles. The molecule has 0 aliphatic heterocycles. The van der Waals surface area contributed by atoms with Crippen molar-refractivity contribution in [2.45, 2.75) is 27.2 Å². The van der Waals surface area contributed by atoms with Crippen molar-refractivity contribution in [3.05, 3.63) is 40.3 Å². The molecular formula is C15H20BrN3. The number of aryl methyl sites for hydroxylation is 1. The number of rotatable bonds is 4. The van der Waals surface area contributed by atoms with Gasteiger partial charge in [-0.15, -0.1) is 0 Å². The average molecular weight is 322 g/mol. The van der Waals surface area contributed by atoms with Gasteiger partial charge < -0.3 is 10.7 Å². The van der Waals surface area contributed by atoms with E-state index in [-0.39, 0.29) is 5.41 Å². The monoisotopic (exact) mass is 321 g/mol. The third kappa shape index (κ3) is 3.45. The van der Waals surface area contributed by atoms with Crippen LogP contribution in [0.3, 0.4) is 0 Å². The molecule has 0 saturated heterocycles. The minimum Gasteiger partial charge on any atom is -0.346 e. The Morgan fingerprint density at radius 2 is 1.89 bits per heavy atom. The van der Waals surface area contributed by atoms with E-state index in [2.05, 4.69) is 53.8 Å². The molecule has 3 N–H and O–H groups in total. The zero-order chi connectivity index (χ0) is 14.0. The van der Waals surface area contributed by atoms with Gasteiger partial charge >= 0.3 is 0 Å². The lowest BCUT2D eigenvalue weighted by atomic mass is 9.89. The molecule has 2 rings (SSSR count). The van der Waals surface area contributed by atoms with Gasteiger partial charge in [0.1, 0.15) is 5.82 Å². The van der Waals surface area contributed by atoms with Crippen molar-refractivity contribution in [3.63, 3.8) is 0 Å². The lowest BCUT2D eigenvalue weighted by Gasteiger charge is -2.20. The molecule has 0 fully saturated rings. The number of hydrogen-bond donors (Lipinski definition) is 2. The van der Waals surface area contributed by atoms with Gasteiger partial charge in [0.25, 0.3) is 0 Å². The number of nitrogens with one attached hydrogen (secondary N) is 1. The van der Waals surface area contributed by atoms with Crippen LogP contribution in [0, 0.1) is 12.3 Å². The summed E-state index contributed by atoms with van der Waals surface area (Å²) in [6.45, 7) is 7.03. The van der Waals surface area contributed by atoms with Gasteiger partial charge in [0.2, 0.25) is 0 Å². The second-order valence-electron chi connectivity index (χ2n) is 5.71. The quantitative estimate of drug-likeness (QED) is 0.902. The molecule has 0 bridgehead atoms. The highest BCUT2D eigenvalue weighted by Crippen LogP contribution is 2.25. The Hall–Kier alpha value is -1.13. The maximum absolute atomic E-state index is 5.78. The molecular weight excluding hydrogens is 302 g/mol. The van der Waals surface area contributed by atoms with Crippen molar-refractivity contribution >= 4 is 15.9 Å². The van der Waals surface area contributed by atoms with E-state index in [0.717, 1.165) is 33.7 Å². The number of halogens is 1. The number of imidazole rings is 1. The number of nitrogens with two attached hydrogens (primary N) is 1. The van der Waals surface area contributed by atoms with Crippen LogP contribution in [0.4, 0.5) is 0 Å². The summed E-state index contributed by atoms with van der Waals surface area (Å²) in [5.74, 6) is 1.01. The fourth-order valence-electron chi connectivity index (χ4n) is 2.02. The minimum absolute atomic E-state index is 0.0707. The van der Waals surface area contributed by atoms with Crippen LogP contribution in [0.5, 0.6) is 0 Å². The average Bonchev–Trinajstić information content (AvgIpc) is 2.70. The molecule has 19 heavy (non-hydrogen) atoms. The van der Waals surface area contributed by atoms with Crippen molar-refractivity contribution in [2.24, 2.45) is 11.1 Å². The Balaban J connectivity index is 2.29. The third-order valence-corrected chi connectivity index (χ3v) is 3.78. The summed E-state index contributed by atoms with van der Waals surface area (Å²) in [5.41, 5.74) is 9.11. The summed E-state index contributed by atoms with van der Waals surface area (Å²) in [5, 5.41) is 0. The SMILES string of the molecule is Cc1[nH]c(CC(C)(C)CN)nc1-c1ccc(Br)cc1. The smallest absolute Gasteiger partial charge is 0.107 e. The minimum atomic E-state index is 0.0707.